The minimum atomic E-state index is -3.67. The minimum Gasteiger partial charge on any atom is -0.392 e. The monoisotopic (exact) mass is 370 g/mol. The lowest BCUT2D eigenvalue weighted by Crippen LogP contribution is -2.35. The number of hydrogen-bond acceptors (Lipinski definition) is 3. The van der Waals surface area contributed by atoms with Crippen LogP contribution in [0.3, 0.4) is 0 Å². The third kappa shape index (κ3) is 3.57. The molecular weight excluding hydrogens is 360 g/mol. The molecule has 0 spiro atoms. The highest BCUT2D eigenvalue weighted by Crippen LogP contribution is 2.30. The van der Waals surface area contributed by atoms with Gasteiger partial charge in [-0.15, -0.1) is 0 Å². The molecule has 18 heavy (non-hydrogen) atoms. The Balaban J connectivity index is 3.13. The van der Waals surface area contributed by atoms with Gasteiger partial charge in [0.25, 0.3) is 0 Å². The van der Waals surface area contributed by atoms with Gasteiger partial charge in [0.1, 0.15) is 5.25 Å². The second kappa shape index (κ2) is 5.73. The molecule has 0 aliphatic rings. The van der Waals surface area contributed by atoms with Gasteiger partial charge in [0.05, 0.1) is 10.7 Å². The third-order valence-electron chi connectivity index (χ3n) is 2.37. The SMILES string of the molecule is Cc1cc(Br)c(NS(=O)(=O)C(C)C(N)=S)cc1Cl. The number of nitrogens with one attached hydrogen (secondary N) is 1. The molecule has 0 saturated carbocycles. The summed E-state index contributed by atoms with van der Waals surface area (Å²) in [5, 5.41) is -0.488. The fraction of sp³-hybridized carbons (Fsp3) is 0.300. The van der Waals surface area contributed by atoms with Crippen molar-refractivity contribution in [2.45, 2.75) is 19.1 Å². The maximum atomic E-state index is 11.9. The molecule has 0 fully saturated rings. The van der Waals surface area contributed by atoms with E-state index < -0.39 is 15.3 Å². The highest BCUT2D eigenvalue weighted by atomic mass is 79.9. The Hall–Kier alpha value is -0.370. The quantitative estimate of drug-likeness (QED) is 0.798. The average Bonchev–Trinajstić information content (AvgIpc) is 2.24. The van der Waals surface area contributed by atoms with Crippen LogP contribution in [0.4, 0.5) is 5.69 Å². The van der Waals surface area contributed by atoms with Gasteiger partial charge in [-0.05, 0) is 47.5 Å². The number of benzene rings is 1. The van der Waals surface area contributed by atoms with Gasteiger partial charge in [0.2, 0.25) is 10.0 Å². The second-order valence-corrected chi connectivity index (χ2v) is 7.51. The Morgan fingerprint density at radius 2 is 2.11 bits per heavy atom. The summed E-state index contributed by atoms with van der Waals surface area (Å²) < 4.78 is 26.9. The molecule has 1 aromatic rings. The highest BCUT2D eigenvalue weighted by molar-refractivity contribution is 9.10. The van der Waals surface area contributed by atoms with E-state index in [-0.39, 0.29) is 4.99 Å². The van der Waals surface area contributed by atoms with Gasteiger partial charge in [-0.3, -0.25) is 4.72 Å². The van der Waals surface area contributed by atoms with Crippen molar-refractivity contribution in [1.29, 1.82) is 0 Å². The summed E-state index contributed by atoms with van der Waals surface area (Å²) in [7, 11) is -3.67. The van der Waals surface area contributed by atoms with E-state index in [1.165, 1.54) is 13.0 Å². The summed E-state index contributed by atoms with van der Waals surface area (Å²) in [6.45, 7) is 3.25. The Bertz CT molecular complexity index is 590. The van der Waals surface area contributed by atoms with Crippen LogP contribution < -0.4 is 10.5 Å². The fourth-order valence-corrected chi connectivity index (χ4v) is 3.31. The lowest BCUT2D eigenvalue weighted by molar-refractivity contribution is 0.598. The number of thiocarbonyl (C=S) groups is 1. The molecule has 0 aliphatic heterocycles. The van der Waals surface area contributed by atoms with Crippen LogP contribution in [0.5, 0.6) is 0 Å². The first kappa shape index (κ1) is 15.7. The van der Waals surface area contributed by atoms with Crippen LogP contribution in [0.25, 0.3) is 0 Å². The average molecular weight is 372 g/mol. The zero-order valence-corrected chi connectivity index (χ0v) is 13.7. The summed E-state index contributed by atoms with van der Waals surface area (Å²) in [5.74, 6) is 0. The maximum absolute atomic E-state index is 11.9. The number of nitrogens with two attached hydrogens (primary N) is 1. The molecular formula is C10H12BrClN2O2S2. The summed E-state index contributed by atoms with van der Waals surface area (Å²) in [6.07, 6.45) is 0. The molecule has 1 rings (SSSR count). The van der Waals surface area contributed by atoms with Crippen molar-refractivity contribution in [3.05, 3.63) is 27.2 Å². The summed E-state index contributed by atoms with van der Waals surface area (Å²) in [4.78, 5) is -0.0863. The van der Waals surface area contributed by atoms with Crippen molar-refractivity contribution in [2.75, 3.05) is 4.72 Å². The predicted molar refractivity (Wildman–Crippen MR) is 82.7 cm³/mol. The largest absolute Gasteiger partial charge is 0.392 e. The zero-order chi connectivity index (χ0) is 14.1. The standard InChI is InChI=1S/C10H12BrClN2O2S2/c1-5-3-7(11)9(4-8(5)12)14-18(15,16)6(2)10(13)17/h3-4,6,14H,1-2H3,(H2,13,17). The van der Waals surface area contributed by atoms with E-state index in [0.717, 1.165) is 5.56 Å². The first-order valence-electron chi connectivity index (χ1n) is 4.91. The Kier molecular flexibility index (Phi) is 4.99. The molecule has 3 N–H and O–H groups in total. The predicted octanol–water partition coefficient (Wildman–Crippen LogP) is 2.83. The van der Waals surface area contributed by atoms with Gasteiger partial charge in [-0.1, -0.05) is 23.8 Å². The summed E-state index contributed by atoms with van der Waals surface area (Å²) in [5.41, 5.74) is 6.54. The molecule has 0 heterocycles. The molecule has 1 atom stereocenters. The smallest absolute Gasteiger partial charge is 0.241 e. The molecule has 1 aromatic carbocycles. The van der Waals surface area contributed by atoms with Crippen molar-refractivity contribution in [2.24, 2.45) is 5.73 Å². The van der Waals surface area contributed by atoms with Crippen molar-refractivity contribution >= 4 is 60.4 Å². The van der Waals surface area contributed by atoms with Gasteiger partial charge < -0.3 is 5.73 Å². The van der Waals surface area contributed by atoms with Crippen molar-refractivity contribution in [3.8, 4) is 0 Å². The molecule has 0 bridgehead atoms. The number of hydrogen-bond donors (Lipinski definition) is 2. The number of rotatable bonds is 4. The topological polar surface area (TPSA) is 72.2 Å². The van der Waals surface area contributed by atoms with Crippen LogP contribution in [0.1, 0.15) is 12.5 Å². The van der Waals surface area contributed by atoms with Crippen LogP contribution in [-0.2, 0) is 10.0 Å². The lowest BCUT2D eigenvalue weighted by Gasteiger charge is -2.15. The summed E-state index contributed by atoms with van der Waals surface area (Å²) in [6, 6.07) is 3.26. The van der Waals surface area contributed by atoms with Crippen molar-refractivity contribution < 1.29 is 8.42 Å². The fourth-order valence-electron chi connectivity index (χ4n) is 1.12. The third-order valence-corrected chi connectivity index (χ3v) is 5.62. The Morgan fingerprint density at radius 3 is 2.61 bits per heavy atom. The van der Waals surface area contributed by atoms with E-state index in [0.29, 0.717) is 15.2 Å². The van der Waals surface area contributed by atoms with Crippen LogP contribution >= 0.6 is 39.7 Å². The van der Waals surface area contributed by atoms with Gasteiger partial charge in [0, 0.05) is 9.50 Å². The molecule has 0 aromatic heterocycles. The molecule has 0 amide bonds. The van der Waals surface area contributed by atoms with Crippen LogP contribution in [0.2, 0.25) is 5.02 Å². The lowest BCUT2D eigenvalue weighted by atomic mass is 10.2. The van der Waals surface area contributed by atoms with E-state index in [9.17, 15) is 8.42 Å². The van der Waals surface area contributed by atoms with Crippen LogP contribution in [0.15, 0.2) is 16.6 Å². The highest BCUT2D eigenvalue weighted by Gasteiger charge is 2.24. The molecule has 4 nitrogen and oxygen atoms in total. The van der Waals surface area contributed by atoms with Gasteiger partial charge >= 0.3 is 0 Å². The molecule has 0 aliphatic carbocycles. The number of anilines is 1. The van der Waals surface area contributed by atoms with Crippen LogP contribution in [-0.4, -0.2) is 18.7 Å². The molecule has 1 unspecified atom stereocenters. The van der Waals surface area contributed by atoms with E-state index in [1.54, 1.807) is 6.07 Å². The maximum Gasteiger partial charge on any atom is 0.241 e. The molecule has 100 valence electrons. The molecule has 0 saturated heterocycles. The van der Waals surface area contributed by atoms with Crippen molar-refractivity contribution in [3.63, 3.8) is 0 Å². The molecule has 8 heteroatoms. The first-order chi connectivity index (χ1) is 8.15. The minimum absolute atomic E-state index is 0.0863. The Labute approximate surface area is 125 Å². The summed E-state index contributed by atoms with van der Waals surface area (Å²) >= 11 is 13.9. The number of aryl methyl sites for hydroxylation is 1. The van der Waals surface area contributed by atoms with Crippen molar-refractivity contribution in [1.82, 2.24) is 0 Å². The molecule has 0 radical (unpaired) electrons. The normalized spacial score (nSPS) is 13.1. The first-order valence-corrected chi connectivity index (χ1v) is 8.04. The van der Waals surface area contributed by atoms with E-state index in [4.69, 9.17) is 17.3 Å². The van der Waals surface area contributed by atoms with Gasteiger partial charge in [-0.2, -0.15) is 0 Å². The van der Waals surface area contributed by atoms with E-state index >= 15 is 0 Å². The van der Waals surface area contributed by atoms with E-state index in [1.807, 2.05) is 6.92 Å². The van der Waals surface area contributed by atoms with Gasteiger partial charge in [0.15, 0.2) is 0 Å². The van der Waals surface area contributed by atoms with E-state index in [2.05, 4.69) is 32.9 Å². The second-order valence-electron chi connectivity index (χ2n) is 3.77. The zero-order valence-electron chi connectivity index (χ0n) is 9.70. The number of halogens is 2. The van der Waals surface area contributed by atoms with Crippen LogP contribution in [0, 0.1) is 6.92 Å². The number of sulfonamides is 1. The van der Waals surface area contributed by atoms with Gasteiger partial charge in [-0.25, -0.2) is 8.42 Å². The Morgan fingerprint density at radius 1 is 1.56 bits per heavy atom.